The van der Waals surface area contributed by atoms with Crippen LogP contribution < -0.4 is 16.0 Å². The number of nitrogens with zero attached hydrogens (tertiary/aromatic N) is 6. The van der Waals surface area contributed by atoms with Crippen LogP contribution in [0, 0.1) is 35.5 Å². The molecule has 4 N–H and O–H groups in total. The van der Waals surface area contributed by atoms with Crippen molar-refractivity contribution >= 4 is 84.7 Å². The van der Waals surface area contributed by atoms with Crippen molar-refractivity contribution in [1.29, 1.82) is 0 Å². The zero-order chi connectivity index (χ0) is 90.8. The van der Waals surface area contributed by atoms with Crippen molar-refractivity contribution in [2.24, 2.45) is 35.5 Å². The molecule has 0 saturated carbocycles. The summed E-state index contributed by atoms with van der Waals surface area (Å²) >= 11 is 6.97. The molecule has 0 aliphatic carbocycles. The second-order valence-corrected chi connectivity index (χ2v) is 32.8. The number of ketones is 2. The Balaban J connectivity index is 1.17. The van der Waals surface area contributed by atoms with Gasteiger partial charge in [-0.1, -0.05) is 141 Å². The van der Waals surface area contributed by atoms with E-state index >= 15 is 0 Å². The molecule has 2 aromatic carbocycles. The highest BCUT2D eigenvalue weighted by Gasteiger charge is 2.44. The number of ether oxygens (including phenoxy) is 15. The number of likely N-dealkylation sites (tertiary alicyclic amines) is 1. The normalized spacial score (nSPS) is 15.4. The fourth-order valence-corrected chi connectivity index (χ4v) is 15.6. The van der Waals surface area contributed by atoms with Crippen LogP contribution >= 0.6 is 31.9 Å². The van der Waals surface area contributed by atoms with E-state index in [0.717, 1.165) is 11.4 Å². The fourth-order valence-electron chi connectivity index (χ4n) is 14.6. The summed E-state index contributed by atoms with van der Waals surface area (Å²) in [7, 11) is 7.89. The molecule has 706 valence electrons. The van der Waals surface area contributed by atoms with Gasteiger partial charge in [0.25, 0.3) is 0 Å². The maximum atomic E-state index is 15.0. The number of hydrogen-bond donors (Lipinski definition) is 4. The lowest BCUT2D eigenvalue weighted by atomic mass is 9.83. The summed E-state index contributed by atoms with van der Waals surface area (Å²) in [6.07, 6.45) is 0.999. The summed E-state index contributed by atoms with van der Waals surface area (Å²) in [6.45, 7) is 26.3. The van der Waals surface area contributed by atoms with Crippen molar-refractivity contribution in [3.05, 3.63) is 77.1 Å². The highest BCUT2D eigenvalue weighted by Crippen LogP contribution is 2.33. The van der Waals surface area contributed by atoms with Crippen molar-refractivity contribution < 1.29 is 115 Å². The Kier molecular flexibility index (Phi) is 58.9. The van der Waals surface area contributed by atoms with Crippen LogP contribution in [-0.4, -0.2) is 319 Å². The number of benzene rings is 2. The Morgan fingerprint density at radius 1 is 0.597 bits per heavy atom. The molecule has 2 heterocycles. The lowest BCUT2D eigenvalue weighted by Crippen LogP contribution is -2.55. The van der Waals surface area contributed by atoms with Crippen LogP contribution in [0.3, 0.4) is 0 Å². The molecule has 0 spiro atoms. The van der Waals surface area contributed by atoms with Gasteiger partial charge < -0.3 is 107 Å². The van der Waals surface area contributed by atoms with E-state index in [2.05, 4.69) is 58.1 Å². The minimum absolute atomic E-state index is 0.00489. The van der Waals surface area contributed by atoms with E-state index in [1.807, 2.05) is 59.7 Å². The first kappa shape index (κ1) is 110. The van der Waals surface area contributed by atoms with Crippen LogP contribution in [0.5, 0.6) is 0 Å². The third kappa shape index (κ3) is 42.9. The minimum atomic E-state index is -0.957. The van der Waals surface area contributed by atoms with E-state index < -0.39 is 66.3 Å². The molecule has 11 atom stereocenters. The van der Waals surface area contributed by atoms with Crippen molar-refractivity contribution in [2.45, 2.75) is 199 Å². The summed E-state index contributed by atoms with van der Waals surface area (Å²) in [5.74, 6) is -4.71. The van der Waals surface area contributed by atoms with E-state index in [4.69, 9.17) is 71.1 Å². The van der Waals surface area contributed by atoms with Gasteiger partial charge in [0, 0.05) is 109 Å². The van der Waals surface area contributed by atoms with E-state index in [9.17, 15) is 43.5 Å². The summed E-state index contributed by atoms with van der Waals surface area (Å²) in [4.78, 5) is 117. The second-order valence-electron chi connectivity index (χ2n) is 31.6. The number of methoxy groups -OCH3 is 3. The van der Waals surface area contributed by atoms with E-state index in [0.29, 0.717) is 237 Å². The van der Waals surface area contributed by atoms with Gasteiger partial charge in [-0.05, 0) is 80.0 Å². The molecular formula is C89H147Br2N9O24. The maximum absolute atomic E-state index is 15.0. The third-order valence-corrected chi connectivity index (χ3v) is 22.9. The number of anilines is 1. The molecule has 6 amide bonds. The van der Waals surface area contributed by atoms with Crippen molar-refractivity contribution in [3.63, 3.8) is 0 Å². The first-order valence-electron chi connectivity index (χ1n) is 44.0. The van der Waals surface area contributed by atoms with Crippen molar-refractivity contribution in [3.8, 4) is 0 Å². The van der Waals surface area contributed by atoms with Crippen LogP contribution in [0.25, 0.3) is 0 Å². The first-order valence-corrected chi connectivity index (χ1v) is 46.2. The molecule has 1 fully saturated rings. The van der Waals surface area contributed by atoms with Gasteiger partial charge in [-0.25, -0.2) is 9.48 Å². The number of carbonyl (C=O) groups excluding carboxylic acids is 8. The molecule has 1 saturated heterocycles. The van der Waals surface area contributed by atoms with Crippen molar-refractivity contribution in [2.75, 3.05) is 206 Å². The number of Topliss-reactive ketones (excluding diaryl/α,β-unsaturated/α-hetero) is 2. The second kappa shape index (κ2) is 66.3. The molecule has 0 radical (unpaired) electrons. The minimum Gasteiger partial charge on any atom is -0.445 e. The van der Waals surface area contributed by atoms with Crippen LogP contribution in [0.15, 0.2) is 54.6 Å². The highest BCUT2D eigenvalue weighted by molar-refractivity contribution is 9.09. The molecule has 4 rings (SSSR count). The Bertz CT molecular complexity index is 3410. The number of amides is 6. The number of aliphatic hydroxyl groups is 1. The Morgan fingerprint density at radius 3 is 1.61 bits per heavy atom. The molecule has 3 aromatic rings. The topological polar surface area (TPSA) is 372 Å². The Labute approximate surface area is 752 Å². The molecule has 0 unspecified atom stereocenters. The predicted molar refractivity (Wildman–Crippen MR) is 475 cm³/mol. The number of unbranched alkanes of at least 4 members (excludes halogenated alkanes) is 1. The van der Waals surface area contributed by atoms with Crippen LogP contribution in [0.2, 0.25) is 0 Å². The third-order valence-electron chi connectivity index (χ3n) is 21.8. The summed E-state index contributed by atoms with van der Waals surface area (Å²) in [6, 6.07) is 13.3. The number of aromatic nitrogens is 3. The highest BCUT2D eigenvalue weighted by atomic mass is 79.9. The smallest absolute Gasteiger partial charge is 0.410 e. The fraction of sp³-hybridized carbons (Fsp3) is 0.753. The Morgan fingerprint density at radius 2 is 1.13 bits per heavy atom. The number of halogens is 2. The van der Waals surface area contributed by atoms with Gasteiger partial charge in [0.05, 0.1) is 218 Å². The van der Waals surface area contributed by atoms with Crippen LogP contribution in [-0.2, 0) is 128 Å². The molecule has 33 nitrogen and oxygen atoms in total. The van der Waals surface area contributed by atoms with E-state index in [1.165, 1.54) is 26.2 Å². The zero-order valence-corrected chi connectivity index (χ0v) is 79.1. The van der Waals surface area contributed by atoms with Crippen LogP contribution in [0.1, 0.15) is 161 Å². The molecule has 1 aliphatic heterocycles. The number of aliphatic hydroxyl groups excluding tert-OH is 1. The number of hydrogen-bond acceptors (Lipinski definition) is 26. The molecule has 1 aliphatic rings. The lowest BCUT2D eigenvalue weighted by Gasteiger charge is -2.41. The van der Waals surface area contributed by atoms with E-state index in [-0.39, 0.29) is 104 Å². The number of aryl methyl sites for hydroxylation is 1. The zero-order valence-electron chi connectivity index (χ0n) is 76.0. The monoisotopic (exact) mass is 1880 g/mol. The molecule has 1 aromatic heterocycles. The van der Waals surface area contributed by atoms with Gasteiger partial charge in [0.1, 0.15) is 12.4 Å². The van der Waals surface area contributed by atoms with Crippen molar-refractivity contribution in [1.82, 2.24) is 40.3 Å². The largest absolute Gasteiger partial charge is 0.445 e. The predicted octanol–water partition coefficient (Wildman–Crippen LogP) is 9.55. The van der Waals surface area contributed by atoms with Gasteiger partial charge in [-0.3, -0.25) is 33.6 Å². The average molecular weight is 1890 g/mol. The summed E-state index contributed by atoms with van der Waals surface area (Å²) in [5, 5.41) is 29.4. The SMILES string of the molecule is CC[C@H](C)[C@@H]([C@@H](CC(=O)N1CCC[C@H]1[C@H](OC)[C@@H](C)C(=O)N[C@H](C)[C@@H](O)c1ccccc1)OC)N(C)C(=O)[C@@H](CC(=O)[C@H](C(C)C)N(C)C(=O)OCc1ccc(NC(=O)[C@H](CCCCNC(=O)CCOCCOCCOCCOCCOCCOCCOCCOCCOCCOCCOCCOC)CC(=O)CCCn2nnc(CBr)c2CBr)cc1)C(C)C. The van der Waals surface area contributed by atoms with Gasteiger partial charge in [-0.15, -0.1) is 5.10 Å². The van der Waals surface area contributed by atoms with Gasteiger partial charge in [-0.2, -0.15) is 0 Å². The molecular weight excluding hydrogens is 1740 g/mol. The number of likely N-dealkylation sites (N-methyl/N-ethyl adjacent to an activating group) is 2. The molecule has 0 bridgehead atoms. The molecule has 35 heteroatoms. The van der Waals surface area contributed by atoms with Gasteiger partial charge >= 0.3 is 6.09 Å². The first-order chi connectivity index (χ1) is 59.9. The quantitative estimate of drug-likeness (QED) is 0.0302. The Hall–Kier alpha value is -6.10. The summed E-state index contributed by atoms with van der Waals surface area (Å²) < 4.78 is 85.3. The maximum Gasteiger partial charge on any atom is 0.410 e. The van der Waals surface area contributed by atoms with E-state index in [1.54, 1.807) is 78.9 Å². The number of carbonyl (C=O) groups is 8. The standard InChI is InChI=1S/C89H147Br2N9O24/c1-14-66(6)83(79(111-12)60-81(104)99-33-21-26-76(99)85(112-13)67(7)86(106)93-68(8)84(105)70-22-16-15-17-23-70)97(9)88(108)74(64(2)3)59-78(102)82(65(4)5)98(10)89(109)124-63-69-27-29-72(30-28-69)94-87(107)71(58-73(101)25-20-34-100-77(62-91)75(61-90)95-96-100)24-18-19-32-92-80(103)31-35-113-38-39-115-42-43-117-46-47-119-50-51-121-54-55-123-57-56-122-53-52-120-49-48-118-45-44-116-41-40-114-37-36-110-11/h15-17,22-23,27-30,64-68,71,74,76,79,82-85,105H,14,18-21,24-26,31-63H2,1-13H3,(H,92,103)(H,93,106)(H,94,107)/t66-,67+,68+,71+,74-,76-,79+,82-,83-,84+,85+/m0/s1. The summed E-state index contributed by atoms with van der Waals surface area (Å²) in [5.41, 5.74) is 3.46. The van der Waals surface area contributed by atoms with Crippen LogP contribution in [0.4, 0.5) is 10.5 Å². The number of rotatable bonds is 74. The number of nitrogens with one attached hydrogen (secondary N) is 3. The molecule has 124 heavy (non-hydrogen) atoms. The lowest BCUT2D eigenvalue weighted by molar-refractivity contribution is -0.149. The average Bonchev–Trinajstić information content (AvgIpc) is 0.845. The van der Waals surface area contributed by atoms with Gasteiger partial charge in [0.2, 0.25) is 29.5 Å². The van der Waals surface area contributed by atoms with Gasteiger partial charge in [0.15, 0.2) is 5.78 Å². The number of alkyl halides is 2.